The first kappa shape index (κ1) is 21.5. The number of esters is 1. The van der Waals surface area contributed by atoms with Crippen LogP contribution < -0.4 is 9.47 Å². The van der Waals surface area contributed by atoms with Gasteiger partial charge in [-0.2, -0.15) is 0 Å². The van der Waals surface area contributed by atoms with Crippen LogP contribution in [0.5, 0.6) is 11.5 Å². The Kier molecular flexibility index (Phi) is 9.22. The van der Waals surface area contributed by atoms with Crippen LogP contribution in [0, 0.1) is 0 Å². The molecule has 0 saturated carbocycles. The summed E-state index contributed by atoms with van der Waals surface area (Å²) < 4.78 is 15.0. The molecule has 1 amide bonds. The molecule has 0 saturated heterocycles. The van der Waals surface area contributed by atoms with E-state index in [0.717, 1.165) is 5.56 Å². The standard InChI is InChI=1S/C19H27NO6/c1-5-15(13-21)20(11-10-19(23)26-4)18(22)9-7-14-6-8-16(24-2)17(12-14)25-3/h6-9,12,15,21H,5,10-11,13H2,1-4H3/b9-7+. The van der Waals surface area contributed by atoms with Crippen LogP contribution in [-0.2, 0) is 14.3 Å². The van der Waals surface area contributed by atoms with E-state index in [4.69, 9.17) is 9.47 Å². The summed E-state index contributed by atoms with van der Waals surface area (Å²) in [5, 5.41) is 9.51. The second-order valence-corrected chi connectivity index (χ2v) is 5.55. The van der Waals surface area contributed by atoms with E-state index in [1.54, 1.807) is 31.4 Å². The zero-order chi connectivity index (χ0) is 19.5. The van der Waals surface area contributed by atoms with Crippen LogP contribution in [0.3, 0.4) is 0 Å². The van der Waals surface area contributed by atoms with Gasteiger partial charge in [0.2, 0.25) is 5.91 Å². The lowest BCUT2D eigenvalue weighted by Gasteiger charge is -2.28. The van der Waals surface area contributed by atoms with Gasteiger partial charge in [0.25, 0.3) is 0 Å². The molecule has 0 aliphatic heterocycles. The highest BCUT2D eigenvalue weighted by Crippen LogP contribution is 2.28. The molecular formula is C19H27NO6. The lowest BCUT2D eigenvalue weighted by atomic mass is 10.1. The second-order valence-electron chi connectivity index (χ2n) is 5.55. The molecule has 0 radical (unpaired) electrons. The molecule has 0 spiro atoms. The van der Waals surface area contributed by atoms with Crippen LogP contribution in [0.4, 0.5) is 0 Å². The number of nitrogens with zero attached hydrogens (tertiary/aromatic N) is 1. The first-order valence-corrected chi connectivity index (χ1v) is 8.39. The highest BCUT2D eigenvalue weighted by Gasteiger charge is 2.21. The monoisotopic (exact) mass is 365 g/mol. The molecule has 0 aromatic heterocycles. The molecule has 1 aromatic carbocycles. The van der Waals surface area contributed by atoms with Crippen LogP contribution in [0.1, 0.15) is 25.3 Å². The lowest BCUT2D eigenvalue weighted by Crippen LogP contribution is -2.42. The lowest BCUT2D eigenvalue weighted by molar-refractivity contribution is -0.142. The maximum Gasteiger partial charge on any atom is 0.307 e. The van der Waals surface area contributed by atoms with Gasteiger partial charge in [-0.1, -0.05) is 13.0 Å². The molecule has 1 aromatic rings. The van der Waals surface area contributed by atoms with Gasteiger partial charge in [-0.05, 0) is 30.2 Å². The average molecular weight is 365 g/mol. The zero-order valence-electron chi connectivity index (χ0n) is 15.7. The van der Waals surface area contributed by atoms with E-state index in [2.05, 4.69) is 4.74 Å². The molecule has 7 heteroatoms. The van der Waals surface area contributed by atoms with Crippen molar-refractivity contribution in [2.75, 3.05) is 34.5 Å². The van der Waals surface area contributed by atoms with Crippen LogP contribution in [0.15, 0.2) is 24.3 Å². The Hall–Kier alpha value is -2.54. The van der Waals surface area contributed by atoms with Crippen molar-refractivity contribution >= 4 is 18.0 Å². The van der Waals surface area contributed by atoms with Gasteiger partial charge < -0.3 is 24.2 Å². The van der Waals surface area contributed by atoms with Gasteiger partial charge in [0.05, 0.1) is 40.4 Å². The van der Waals surface area contributed by atoms with Crippen molar-refractivity contribution in [1.29, 1.82) is 0 Å². The van der Waals surface area contributed by atoms with Gasteiger partial charge >= 0.3 is 5.97 Å². The molecule has 0 aliphatic carbocycles. The normalized spacial score (nSPS) is 11.9. The van der Waals surface area contributed by atoms with E-state index >= 15 is 0 Å². The maximum atomic E-state index is 12.6. The smallest absolute Gasteiger partial charge is 0.307 e. The van der Waals surface area contributed by atoms with Crippen molar-refractivity contribution in [1.82, 2.24) is 4.90 Å². The van der Waals surface area contributed by atoms with Gasteiger partial charge in [-0.25, -0.2) is 0 Å². The molecule has 1 atom stereocenters. The summed E-state index contributed by atoms with van der Waals surface area (Å²) in [5.74, 6) is 0.470. The first-order chi connectivity index (χ1) is 12.5. The molecule has 1 rings (SSSR count). The Morgan fingerprint density at radius 1 is 1.19 bits per heavy atom. The minimum atomic E-state index is -0.403. The Morgan fingerprint density at radius 3 is 2.42 bits per heavy atom. The third kappa shape index (κ3) is 6.07. The molecule has 7 nitrogen and oxygen atoms in total. The van der Waals surface area contributed by atoms with E-state index in [9.17, 15) is 14.7 Å². The molecule has 0 fully saturated rings. The van der Waals surface area contributed by atoms with Crippen LogP contribution in [0.2, 0.25) is 0 Å². The maximum absolute atomic E-state index is 12.6. The number of rotatable bonds is 10. The van der Waals surface area contributed by atoms with E-state index in [1.165, 1.54) is 25.2 Å². The van der Waals surface area contributed by atoms with Gasteiger partial charge in [-0.15, -0.1) is 0 Å². The number of ether oxygens (including phenoxy) is 3. The van der Waals surface area contributed by atoms with E-state index in [0.29, 0.717) is 17.9 Å². The molecule has 144 valence electrons. The quantitative estimate of drug-likeness (QED) is 0.503. The SMILES string of the molecule is CCC(CO)N(CCC(=O)OC)C(=O)/C=C/c1ccc(OC)c(OC)c1. The Balaban J connectivity index is 2.93. The molecule has 0 aliphatic rings. The number of benzene rings is 1. The second kappa shape index (κ2) is 11.1. The van der Waals surface area contributed by atoms with Gasteiger partial charge in [-0.3, -0.25) is 9.59 Å². The number of hydrogen-bond donors (Lipinski definition) is 1. The third-order valence-electron chi connectivity index (χ3n) is 4.02. The zero-order valence-corrected chi connectivity index (χ0v) is 15.7. The molecular weight excluding hydrogens is 338 g/mol. The average Bonchev–Trinajstić information content (AvgIpc) is 2.68. The number of hydrogen-bond acceptors (Lipinski definition) is 6. The predicted molar refractivity (Wildman–Crippen MR) is 98.1 cm³/mol. The van der Waals surface area contributed by atoms with Gasteiger partial charge in [0.15, 0.2) is 11.5 Å². The highest BCUT2D eigenvalue weighted by molar-refractivity contribution is 5.92. The van der Waals surface area contributed by atoms with Crippen molar-refractivity contribution in [2.45, 2.75) is 25.8 Å². The van der Waals surface area contributed by atoms with Crippen LogP contribution >= 0.6 is 0 Å². The van der Waals surface area contributed by atoms with Crippen molar-refractivity contribution in [2.24, 2.45) is 0 Å². The first-order valence-electron chi connectivity index (χ1n) is 8.39. The number of aliphatic hydroxyl groups excluding tert-OH is 1. The van der Waals surface area contributed by atoms with Crippen molar-refractivity contribution in [3.63, 3.8) is 0 Å². The molecule has 0 heterocycles. The van der Waals surface area contributed by atoms with Crippen LogP contribution in [0.25, 0.3) is 6.08 Å². The summed E-state index contributed by atoms with van der Waals surface area (Å²) in [6.45, 7) is 1.88. The summed E-state index contributed by atoms with van der Waals surface area (Å²) in [6.07, 6.45) is 3.72. The number of aliphatic hydroxyl groups is 1. The fourth-order valence-electron chi connectivity index (χ4n) is 2.45. The summed E-state index contributed by atoms with van der Waals surface area (Å²) in [6, 6.07) is 4.95. The minimum absolute atomic E-state index is 0.0724. The third-order valence-corrected chi connectivity index (χ3v) is 4.02. The summed E-state index contributed by atoms with van der Waals surface area (Å²) >= 11 is 0. The number of carbonyl (C=O) groups is 2. The minimum Gasteiger partial charge on any atom is -0.493 e. The van der Waals surface area contributed by atoms with Gasteiger partial charge in [0, 0.05) is 12.6 Å². The molecule has 0 bridgehead atoms. The number of methoxy groups -OCH3 is 3. The number of amides is 1. The Morgan fingerprint density at radius 2 is 1.88 bits per heavy atom. The fourth-order valence-corrected chi connectivity index (χ4v) is 2.45. The van der Waals surface area contributed by atoms with Crippen molar-refractivity contribution in [3.8, 4) is 11.5 Å². The topological polar surface area (TPSA) is 85.3 Å². The fraction of sp³-hybridized carbons (Fsp3) is 0.474. The molecule has 26 heavy (non-hydrogen) atoms. The van der Waals surface area contributed by atoms with Crippen molar-refractivity contribution in [3.05, 3.63) is 29.8 Å². The van der Waals surface area contributed by atoms with Crippen LogP contribution in [-0.4, -0.2) is 62.4 Å². The molecule has 1 unspecified atom stereocenters. The largest absolute Gasteiger partial charge is 0.493 e. The van der Waals surface area contributed by atoms with E-state index < -0.39 is 5.97 Å². The summed E-state index contributed by atoms with van der Waals surface area (Å²) in [7, 11) is 4.39. The van der Waals surface area contributed by atoms with E-state index in [1.807, 2.05) is 6.92 Å². The predicted octanol–water partition coefficient (Wildman–Crippen LogP) is 1.88. The van der Waals surface area contributed by atoms with Crippen molar-refractivity contribution < 1.29 is 28.9 Å². The Bertz CT molecular complexity index is 624. The van der Waals surface area contributed by atoms with E-state index in [-0.39, 0.29) is 31.5 Å². The number of carbonyl (C=O) groups excluding carboxylic acids is 2. The van der Waals surface area contributed by atoms with Gasteiger partial charge in [0.1, 0.15) is 0 Å². The highest BCUT2D eigenvalue weighted by atomic mass is 16.5. The summed E-state index contributed by atoms with van der Waals surface area (Å²) in [4.78, 5) is 25.4. The Labute approximate surface area is 154 Å². The molecule has 1 N–H and O–H groups in total. The summed E-state index contributed by atoms with van der Waals surface area (Å²) in [5.41, 5.74) is 0.765.